The van der Waals surface area contributed by atoms with Gasteiger partial charge in [0.2, 0.25) is 0 Å². The molecule has 3 nitrogen and oxygen atoms in total. The van der Waals surface area contributed by atoms with Crippen LogP contribution in [-0.2, 0) is 11.2 Å². The van der Waals surface area contributed by atoms with Crippen molar-refractivity contribution in [1.29, 1.82) is 0 Å². The predicted molar refractivity (Wildman–Crippen MR) is 76.4 cm³/mol. The second-order valence-electron chi connectivity index (χ2n) is 4.10. The van der Waals surface area contributed by atoms with Crippen molar-refractivity contribution in [3.63, 3.8) is 0 Å². The molecular weight excluding hydrogens is 240 g/mol. The zero-order valence-electron chi connectivity index (χ0n) is 10.7. The van der Waals surface area contributed by atoms with Crippen molar-refractivity contribution in [2.75, 3.05) is 0 Å². The number of aldehydes is 1. The van der Waals surface area contributed by atoms with Crippen LogP contribution in [-0.4, -0.2) is 16.5 Å². The Balaban J connectivity index is 3.28. The first-order chi connectivity index (χ1) is 9.15. The highest BCUT2D eigenvalue weighted by Gasteiger charge is 2.18. The summed E-state index contributed by atoms with van der Waals surface area (Å²) in [6.07, 6.45) is 8.58. The lowest BCUT2D eigenvalue weighted by molar-refractivity contribution is -0.108. The van der Waals surface area contributed by atoms with Gasteiger partial charge in [-0.3, -0.25) is 0 Å². The number of aromatic hydroxyl groups is 2. The molecule has 0 saturated carbocycles. The van der Waals surface area contributed by atoms with E-state index in [1.54, 1.807) is 24.3 Å². The fraction of sp³-hybridized carbons (Fsp3) is 0.188. The summed E-state index contributed by atoms with van der Waals surface area (Å²) in [6.45, 7) is 7.21. The predicted octanol–water partition coefficient (Wildman–Crippen LogP) is 3.24. The van der Waals surface area contributed by atoms with Gasteiger partial charge in [-0.05, 0) is 25.0 Å². The molecule has 0 aromatic heterocycles. The van der Waals surface area contributed by atoms with Crippen LogP contribution < -0.4 is 0 Å². The van der Waals surface area contributed by atoms with Gasteiger partial charge in [-0.25, -0.2) is 0 Å². The molecule has 1 aromatic carbocycles. The van der Waals surface area contributed by atoms with Crippen LogP contribution in [0.4, 0.5) is 0 Å². The Hall–Kier alpha value is -2.29. The minimum atomic E-state index is -0.595. The quantitative estimate of drug-likeness (QED) is 0.448. The lowest BCUT2D eigenvalue weighted by atomic mass is 9.91. The number of carbonyl (C=O) groups excluding carboxylic acids is 1. The van der Waals surface area contributed by atoms with Gasteiger partial charge in [-0.2, -0.15) is 0 Å². The Labute approximate surface area is 113 Å². The van der Waals surface area contributed by atoms with Gasteiger partial charge >= 0.3 is 0 Å². The molecule has 0 bridgehead atoms. The number of benzene rings is 1. The SMILES string of the molecule is C=CCC=CC(C=O)c1c(O)ccc(O)c1CC=C. The van der Waals surface area contributed by atoms with Crippen molar-refractivity contribution in [2.24, 2.45) is 0 Å². The van der Waals surface area contributed by atoms with Crippen molar-refractivity contribution in [3.8, 4) is 11.5 Å². The second kappa shape index (κ2) is 7.21. The molecule has 0 spiro atoms. The maximum Gasteiger partial charge on any atom is 0.131 e. The number of carbonyl (C=O) groups is 1. The maximum atomic E-state index is 11.2. The molecule has 0 aliphatic carbocycles. The van der Waals surface area contributed by atoms with Gasteiger partial charge in [-0.1, -0.05) is 24.3 Å². The summed E-state index contributed by atoms with van der Waals surface area (Å²) in [5, 5.41) is 19.8. The molecule has 100 valence electrons. The molecule has 1 unspecified atom stereocenters. The third kappa shape index (κ3) is 3.58. The smallest absolute Gasteiger partial charge is 0.131 e. The van der Waals surface area contributed by atoms with E-state index >= 15 is 0 Å². The van der Waals surface area contributed by atoms with Crippen molar-refractivity contribution < 1.29 is 15.0 Å². The molecule has 0 heterocycles. The average molecular weight is 258 g/mol. The summed E-state index contributed by atoms with van der Waals surface area (Å²) in [7, 11) is 0. The molecule has 1 rings (SSSR count). The van der Waals surface area contributed by atoms with Crippen LogP contribution >= 0.6 is 0 Å². The molecular formula is C16H18O3. The van der Waals surface area contributed by atoms with Crippen LogP contribution in [0.15, 0.2) is 49.6 Å². The Morgan fingerprint density at radius 2 is 1.84 bits per heavy atom. The van der Waals surface area contributed by atoms with E-state index in [0.717, 1.165) is 6.29 Å². The Kier molecular flexibility index (Phi) is 5.61. The van der Waals surface area contributed by atoms with Gasteiger partial charge in [0, 0.05) is 11.1 Å². The minimum absolute atomic E-state index is 0.00463. The van der Waals surface area contributed by atoms with E-state index in [1.165, 1.54) is 12.1 Å². The third-order valence-electron chi connectivity index (χ3n) is 2.78. The van der Waals surface area contributed by atoms with Crippen molar-refractivity contribution in [1.82, 2.24) is 0 Å². The van der Waals surface area contributed by atoms with Gasteiger partial charge in [0.1, 0.15) is 17.8 Å². The standard InChI is InChI=1S/C16H18O3/c1-3-5-6-8-12(11-17)16-13(7-4-2)14(18)9-10-15(16)19/h3-4,6,8-12,18-19H,1-2,5,7H2. The summed E-state index contributed by atoms with van der Waals surface area (Å²) < 4.78 is 0. The van der Waals surface area contributed by atoms with Gasteiger partial charge in [0.25, 0.3) is 0 Å². The summed E-state index contributed by atoms with van der Waals surface area (Å²) in [4.78, 5) is 11.2. The van der Waals surface area contributed by atoms with Crippen molar-refractivity contribution in [3.05, 3.63) is 60.7 Å². The molecule has 0 saturated heterocycles. The van der Waals surface area contributed by atoms with E-state index in [1.807, 2.05) is 0 Å². The highest BCUT2D eigenvalue weighted by atomic mass is 16.3. The van der Waals surface area contributed by atoms with Crippen LogP contribution in [0.3, 0.4) is 0 Å². The molecule has 0 aliphatic heterocycles. The Morgan fingerprint density at radius 3 is 2.42 bits per heavy atom. The molecule has 0 amide bonds. The second-order valence-corrected chi connectivity index (χ2v) is 4.10. The topological polar surface area (TPSA) is 57.5 Å². The fourth-order valence-corrected chi connectivity index (χ4v) is 1.90. The van der Waals surface area contributed by atoms with Crippen LogP contribution in [0.25, 0.3) is 0 Å². The molecule has 0 radical (unpaired) electrons. The zero-order chi connectivity index (χ0) is 14.3. The maximum absolute atomic E-state index is 11.2. The largest absolute Gasteiger partial charge is 0.508 e. The molecule has 0 aliphatic rings. The van der Waals surface area contributed by atoms with E-state index < -0.39 is 5.92 Å². The lowest BCUT2D eigenvalue weighted by Crippen LogP contribution is -2.02. The molecule has 1 atom stereocenters. The van der Waals surface area contributed by atoms with E-state index in [2.05, 4.69) is 13.2 Å². The highest BCUT2D eigenvalue weighted by molar-refractivity contribution is 5.70. The summed E-state index contributed by atoms with van der Waals surface area (Å²) in [5.74, 6) is -0.548. The molecule has 1 aromatic rings. The van der Waals surface area contributed by atoms with E-state index in [4.69, 9.17) is 0 Å². The minimum Gasteiger partial charge on any atom is -0.508 e. The lowest BCUT2D eigenvalue weighted by Gasteiger charge is -2.15. The highest BCUT2D eigenvalue weighted by Crippen LogP contribution is 2.35. The molecule has 3 heteroatoms. The number of phenols is 2. The van der Waals surface area contributed by atoms with Crippen LogP contribution in [0.1, 0.15) is 23.5 Å². The zero-order valence-corrected chi connectivity index (χ0v) is 10.7. The Bertz CT molecular complexity index is 501. The Morgan fingerprint density at radius 1 is 1.16 bits per heavy atom. The van der Waals surface area contributed by atoms with Gasteiger partial charge in [0.15, 0.2) is 0 Å². The number of rotatable bonds is 7. The van der Waals surface area contributed by atoms with E-state index in [-0.39, 0.29) is 11.5 Å². The fourth-order valence-electron chi connectivity index (χ4n) is 1.90. The number of phenolic OH excluding ortho intramolecular Hbond substituents is 2. The first kappa shape index (κ1) is 14.8. The summed E-state index contributed by atoms with van der Waals surface area (Å²) >= 11 is 0. The third-order valence-corrected chi connectivity index (χ3v) is 2.78. The van der Waals surface area contributed by atoms with Crippen molar-refractivity contribution in [2.45, 2.75) is 18.8 Å². The molecule has 0 fully saturated rings. The van der Waals surface area contributed by atoms with Gasteiger partial charge < -0.3 is 15.0 Å². The van der Waals surface area contributed by atoms with Crippen LogP contribution in [0, 0.1) is 0 Å². The van der Waals surface area contributed by atoms with Crippen LogP contribution in [0.5, 0.6) is 11.5 Å². The van der Waals surface area contributed by atoms with Crippen molar-refractivity contribution >= 4 is 6.29 Å². The monoisotopic (exact) mass is 258 g/mol. The van der Waals surface area contributed by atoms with E-state index in [9.17, 15) is 15.0 Å². The van der Waals surface area contributed by atoms with Gasteiger partial charge in [-0.15, -0.1) is 13.2 Å². The molecule has 2 N–H and O–H groups in total. The van der Waals surface area contributed by atoms with Crippen LogP contribution in [0.2, 0.25) is 0 Å². The summed E-state index contributed by atoms with van der Waals surface area (Å²) in [5.41, 5.74) is 0.950. The number of hydrogen-bond acceptors (Lipinski definition) is 3. The summed E-state index contributed by atoms with van der Waals surface area (Å²) in [6, 6.07) is 2.79. The van der Waals surface area contributed by atoms with E-state index in [0.29, 0.717) is 24.0 Å². The first-order valence-electron chi connectivity index (χ1n) is 6.03. The molecule has 19 heavy (non-hydrogen) atoms. The normalized spacial score (nSPS) is 12.2. The van der Waals surface area contributed by atoms with Gasteiger partial charge in [0.05, 0.1) is 5.92 Å². The average Bonchev–Trinajstić information content (AvgIpc) is 2.41. The first-order valence-corrected chi connectivity index (χ1v) is 6.03. The number of allylic oxidation sites excluding steroid dienone is 4. The number of hydrogen-bond donors (Lipinski definition) is 2.